The van der Waals surface area contributed by atoms with Gasteiger partial charge in [-0.25, -0.2) is 4.79 Å². The summed E-state index contributed by atoms with van der Waals surface area (Å²) in [5, 5.41) is 12.7. The number of aliphatic hydroxyl groups is 1. The van der Waals surface area contributed by atoms with Crippen LogP contribution in [-0.4, -0.2) is 41.3 Å². The minimum absolute atomic E-state index is 0.179. The first-order valence-electron chi connectivity index (χ1n) is 8.06. The van der Waals surface area contributed by atoms with Crippen LogP contribution in [-0.2, 0) is 12.6 Å². The smallest absolute Gasteiger partial charge is 0.391 e. The van der Waals surface area contributed by atoms with Crippen LogP contribution >= 0.6 is 0 Å². The Hall–Kier alpha value is -1.76. The number of amides is 2. The van der Waals surface area contributed by atoms with E-state index in [4.69, 9.17) is 0 Å². The molecule has 2 amide bonds. The van der Waals surface area contributed by atoms with Gasteiger partial charge in [0.25, 0.3) is 0 Å². The van der Waals surface area contributed by atoms with Crippen molar-refractivity contribution in [3.8, 4) is 0 Å². The number of alkyl halides is 3. The first kappa shape index (κ1) is 18.6. The van der Waals surface area contributed by atoms with Gasteiger partial charge in [0.05, 0.1) is 11.7 Å². The molecule has 1 aromatic rings. The minimum atomic E-state index is -4.34. The second-order valence-electron chi connectivity index (χ2n) is 6.53. The molecule has 2 rings (SSSR count). The number of hydrogen-bond acceptors (Lipinski definition) is 2. The van der Waals surface area contributed by atoms with Gasteiger partial charge in [0.2, 0.25) is 0 Å². The van der Waals surface area contributed by atoms with Crippen molar-refractivity contribution in [3.05, 3.63) is 35.4 Å². The highest BCUT2D eigenvalue weighted by atomic mass is 19.4. The third-order valence-electron chi connectivity index (χ3n) is 4.40. The number of hydrogen-bond donors (Lipinski definition) is 2. The van der Waals surface area contributed by atoms with Crippen LogP contribution in [0.15, 0.2) is 24.3 Å². The van der Waals surface area contributed by atoms with Crippen LogP contribution in [0.3, 0.4) is 0 Å². The van der Waals surface area contributed by atoms with Gasteiger partial charge in [-0.1, -0.05) is 19.1 Å². The molecule has 0 saturated carbocycles. The molecule has 7 heteroatoms. The number of carbonyl (C=O) groups excluding carboxylic acids is 1. The molecule has 24 heavy (non-hydrogen) atoms. The zero-order valence-electron chi connectivity index (χ0n) is 13.8. The topological polar surface area (TPSA) is 52.6 Å². The highest BCUT2D eigenvalue weighted by molar-refractivity contribution is 5.74. The van der Waals surface area contributed by atoms with Crippen molar-refractivity contribution in [2.75, 3.05) is 13.1 Å². The predicted molar refractivity (Wildman–Crippen MR) is 84.5 cm³/mol. The number of aliphatic hydroxyl groups excluding tert-OH is 1. The molecule has 3 atom stereocenters. The molecule has 2 N–H and O–H groups in total. The molecule has 134 valence electrons. The number of likely N-dealkylation sites (tertiary alicyclic amines) is 1. The molecule has 1 aliphatic heterocycles. The molecule has 3 unspecified atom stereocenters. The number of nitrogens with one attached hydrogen (secondary N) is 1. The second-order valence-corrected chi connectivity index (χ2v) is 6.53. The lowest BCUT2D eigenvalue weighted by Gasteiger charge is -2.34. The zero-order chi connectivity index (χ0) is 17.9. The fourth-order valence-electron chi connectivity index (χ4n) is 2.77. The van der Waals surface area contributed by atoms with E-state index in [-0.39, 0.29) is 18.0 Å². The van der Waals surface area contributed by atoms with Gasteiger partial charge in [-0.2, -0.15) is 13.2 Å². The van der Waals surface area contributed by atoms with Crippen molar-refractivity contribution in [1.82, 2.24) is 10.2 Å². The summed E-state index contributed by atoms with van der Waals surface area (Å²) in [5.41, 5.74) is 0.0439. The van der Waals surface area contributed by atoms with E-state index in [1.807, 2.05) is 6.92 Å². The third kappa shape index (κ3) is 4.87. The maximum atomic E-state index is 12.5. The molecule has 4 nitrogen and oxygen atoms in total. The van der Waals surface area contributed by atoms with Crippen molar-refractivity contribution in [3.63, 3.8) is 0 Å². The molecule has 0 aliphatic carbocycles. The monoisotopic (exact) mass is 344 g/mol. The third-order valence-corrected chi connectivity index (χ3v) is 4.40. The summed E-state index contributed by atoms with van der Waals surface area (Å²) in [4.78, 5) is 13.8. The predicted octanol–water partition coefficient (Wildman–Crippen LogP) is 3.05. The molecule has 0 spiro atoms. The number of carbonyl (C=O) groups is 1. The number of urea groups is 1. The largest absolute Gasteiger partial charge is 0.416 e. The van der Waals surface area contributed by atoms with Gasteiger partial charge in [0.1, 0.15) is 0 Å². The van der Waals surface area contributed by atoms with E-state index in [2.05, 4.69) is 5.32 Å². The molecular weight excluding hydrogens is 321 g/mol. The molecule has 1 fully saturated rings. The molecule has 0 bridgehead atoms. The summed E-state index contributed by atoms with van der Waals surface area (Å²) < 4.78 is 37.6. The number of piperidine rings is 1. The molecule has 1 heterocycles. The van der Waals surface area contributed by atoms with Gasteiger partial charge in [0, 0.05) is 19.1 Å². The fourth-order valence-corrected chi connectivity index (χ4v) is 2.77. The molecular formula is C17H23F3N2O2. The first-order valence-corrected chi connectivity index (χ1v) is 8.06. The maximum Gasteiger partial charge on any atom is 0.416 e. The number of rotatable bonds is 3. The quantitative estimate of drug-likeness (QED) is 0.885. The van der Waals surface area contributed by atoms with Crippen molar-refractivity contribution >= 4 is 6.03 Å². The first-order chi connectivity index (χ1) is 11.2. The van der Waals surface area contributed by atoms with E-state index in [9.17, 15) is 23.1 Å². The Morgan fingerprint density at radius 3 is 2.54 bits per heavy atom. The summed E-state index contributed by atoms with van der Waals surface area (Å²) in [7, 11) is 0. The van der Waals surface area contributed by atoms with Gasteiger partial charge >= 0.3 is 12.2 Å². The lowest BCUT2D eigenvalue weighted by Crippen LogP contribution is -2.51. The van der Waals surface area contributed by atoms with Crippen molar-refractivity contribution in [2.45, 2.75) is 45.0 Å². The highest BCUT2D eigenvalue weighted by Crippen LogP contribution is 2.29. The van der Waals surface area contributed by atoms with E-state index < -0.39 is 17.8 Å². The van der Waals surface area contributed by atoms with E-state index in [1.54, 1.807) is 11.8 Å². The average Bonchev–Trinajstić information content (AvgIpc) is 2.49. The van der Waals surface area contributed by atoms with Gasteiger partial charge in [-0.05, 0) is 43.4 Å². The Morgan fingerprint density at radius 1 is 1.38 bits per heavy atom. The van der Waals surface area contributed by atoms with Crippen LogP contribution in [0.5, 0.6) is 0 Å². The summed E-state index contributed by atoms with van der Waals surface area (Å²) >= 11 is 0. The Morgan fingerprint density at radius 2 is 2.00 bits per heavy atom. The minimum Gasteiger partial charge on any atom is -0.391 e. The van der Waals surface area contributed by atoms with Gasteiger partial charge in [0.15, 0.2) is 0 Å². The van der Waals surface area contributed by atoms with Crippen LogP contribution in [0.4, 0.5) is 18.0 Å². The summed E-state index contributed by atoms with van der Waals surface area (Å²) in [6.45, 7) is 4.66. The van der Waals surface area contributed by atoms with Crippen LogP contribution in [0.1, 0.15) is 31.4 Å². The van der Waals surface area contributed by atoms with Crippen LogP contribution < -0.4 is 5.32 Å². The van der Waals surface area contributed by atoms with Crippen LogP contribution in [0.2, 0.25) is 0 Å². The van der Waals surface area contributed by atoms with E-state index >= 15 is 0 Å². The standard InChI is InChI=1S/C17H23F3N2O2/c1-11-7-8-22(10-15(11)23)16(24)21-12(2)9-13-3-5-14(6-4-13)17(18,19)20/h3-6,11-12,15,23H,7-10H2,1-2H3,(H,21,24). The summed E-state index contributed by atoms with van der Waals surface area (Å²) in [6.07, 6.45) is -3.67. The molecule has 0 radical (unpaired) electrons. The van der Waals surface area contributed by atoms with Crippen LogP contribution in [0.25, 0.3) is 0 Å². The Bertz CT molecular complexity index is 560. The van der Waals surface area contributed by atoms with Crippen molar-refractivity contribution < 1.29 is 23.1 Å². The Kier molecular flexibility index (Phi) is 5.74. The van der Waals surface area contributed by atoms with Crippen molar-refractivity contribution in [2.24, 2.45) is 5.92 Å². The van der Waals surface area contributed by atoms with E-state index in [0.717, 1.165) is 24.1 Å². The normalized spacial score (nSPS) is 23.0. The molecule has 0 aromatic heterocycles. The Balaban J connectivity index is 1.86. The van der Waals surface area contributed by atoms with E-state index in [0.29, 0.717) is 19.5 Å². The van der Waals surface area contributed by atoms with Gasteiger partial charge in [-0.3, -0.25) is 0 Å². The number of halogens is 3. The number of benzene rings is 1. The summed E-state index contributed by atoms with van der Waals surface area (Å²) in [5.74, 6) is 0.179. The fraction of sp³-hybridized carbons (Fsp3) is 0.588. The SMILES string of the molecule is CC(Cc1ccc(C(F)(F)F)cc1)NC(=O)N1CCC(C)C(O)C1. The summed E-state index contributed by atoms with van der Waals surface area (Å²) in [6, 6.07) is 4.49. The second kappa shape index (κ2) is 7.42. The lowest BCUT2D eigenvalue weighted by atomic mass is 9.96. The van der Waals surface area contributed by atoms with E-state index in [1.165, 1.54) is 12.1 Å². The zero-order valence-corrected chi connectivity index (χ0v) is 13.8. The highest BCUT2D eigenvalue weighted by Gasteiger charge is 2.30. The average molecular weight is 344 g/mol. The molecule has 1 aromatic carbocycles. The number of β-amino-alcohol motifs (C(OH)–C–C–N with tert-alkyl or cyclic N) is 1. The maximum absolute atomic E-state index is 12.5. The van der Waals surface area contributed by atoms with Gasteiger partial charge < -0.3 is 15.3 Å². The Labute approximate surface area is 139 Å². The van der Waals surface area contributed by atoms with Crippen LogP contribution in [0, 0.1) is 5.92 Å². The van der Waals surface area contributed by atoms with Crippen molar-refractivity contribution in [1.29, 1.82) is 0 Å². The molecule has 1 aliphatic rings. The number of nitrogens with zero attached hydrogens (tertiary/aromatic N) is 1. The van der Waals surface area contributed by atoms with Gasteiger partial charge in [-0.15, -0.1) is 0 Å². The molecule has 1 saturated heterocycles. The lowest BCUT2D eigenvalue weighted by molar-refractivity contribution is -0.137.